The van der Waals surface area contributed by atoms with Crippen LogP contribution in [0.5, 0.6) is 17.2 Å². The Hall–Kier alpha value is -4.22. The molecule has 12 heteroatoms. The Kier molecular flexibility index (Phi) is 6.30. The van der Waals surface area contributed by atoms with Crippen LogP contribution in [0.4, 0.5) is 18.9 Å². The van der Waals surface area contributed by atoms with Crippen LogP contribution in [0.25, 0.3) is 11.3 Å². The molecule has 1 aliphatic rings. The number of hydrogen-bond acceptors (Lipinski definition) is 6. The first kappa shape index (κ1) is 23.0. The van der Waals surface area contributed by atoms with Crippen molar-refractivity contribution in [1.29, 1.82) is 0 Å². The maximum Gasteiger partial charge on any atom is 0.573 e. The first-order valence-corrected chi connectivity index (χ1v) is 10.0. The van der Waals surface area contributed by atoms with Crippen molar-refractivity contribution in [2.24, 2.45) is 0 Å². The van der Waals surface area contributed by atoms with Gasteiger partial charge in [0.25, 0.3) is 5.91 Å². The summed E-state index contributed by atoms with van der Waals surface area (Å²) in [7, 11) is 1.45. The number of benzene rings is 2. The minimum atomic E-state index is -4.81. The molecule has 2 N–H and O–H groups in total. The number of fused-ring (bicyclic) bond motifs is 1. The molecule has 0 aliphatic carbocycles. The summed E-state index contributed by atoms with van der Waals surface area (Å²) in [5.74, 6) is -0.248. The molecular weight excluding hydrogens is 457 g/mol. The highest BCUT2D eigenvalue weighted by molar-refractivity contribution is 6.02. The van der Waals surface area contributed by atoms with Gasteiger partial charge in [-0.3, -0.25) is 14.7 Å². The number of nitrogens with zero attached hydrogens (tertiary/aromatic N) is 2. The zero-order valence-electron chi connectivity index (χ0n) is 17.8. The Bertz CT molecular complexity index is 1190. The second kappa shape index (κ2) is 9.33. The Morgan fingerprint density at radius 3 is 2.53 bits per heavy atom. The summed E-state index contributed by atoms with van der Waals surface area (Å²) in [6.07, 6.45) is -3.44. The van der Waals surface area contributed by atoms with Gasteiger partial charge in [0.05, 0.1) is 24.0 Å². The SMILES string of the molecule is CN(CC(=O)Nc1ccc(OC(F)(F)F)cc1)C(=O)c1cn[nH]c1-c1ccc2c(c1)OCCO2. The predicted molar refractivity (Wildman–Crippen MR) is 114 cm³/mol. The number of carbonyl (C=O) groups is 2. The smallest absolute Gasteiger partial charge is 0.486 e. The molecule has 34 heavy (non-hydrogen) atoms. The molecule has 0 spiro atoms. The van der Waals surface area contributed by atoms with E-state index in [0.717, 1.165) is 12.1 Å². The summed E-state index contributed by atoms with van der Waals surface area (Å²) >= 11 is 0. The number of anilines is 1. The lowest BCUT2D eigenvalue weighted by atomic mass is 10.1. The van der Waals surface area contributed by atoms with Crippen molar-refractivity contribution < 1.29 is 37.0 Å². The highest BCUT2D eigenvalue weighted by Crippen LogP contribution is 2.35. The van der Waals surface area contributed by atoms with Crippen LogP contribution >= 0.6 is 0 Å². The molecule has 0 fully saturated rings. The van der Waals surface area contributed by atoms with Crippen molar-refractivity contribution in [3.8, 4) is 28.5 Å². The van der Waals surface area contributed by atoms with Crippen LogP contribution in [0.15, 0.2) is 48.7 Å². The van der Waals surface area contributed by atoms with Crippen molar-refractivity contribution in [2.75, 3.05) is 32.1 Å². The van der Waals surface area contributed by atoms with Crippen LogP contribution in [0.2, 0.25) is 0 Å². The van der Waals surface area contributed by atoms with E-state index in [2.05, 4.69) is 20.3 Å². The molecule has 9 nitrogen and oxygen atoms in total. The molecule has 2 aromatic carbocycles. The molecular formula is C22H19F3N4O5. The number of aromatic amines is 1. The van der Waals surface area contributed by atoms with E-state index in [0.29, 0.717) is 36.0 Å². The van der Waals surface area contributed by atoms with Crippen molar-refractivity contribution in [3.63, 3.8) is 0 Å². The maximum atomic E-state index is 13.0. The molecule has 0 atom stereocenters. The average Bonchev–Trinajstić information content (AvgIpc) is 3.28. The van der Waals surface area contributed by atoms with Gasteiger partial charge in [-0.2, -0.15) is 5.10 Å². The fourth-order valence-corrected chi connectivity index (χ4v) is 3.30. The van der Waals surface area contributed by atoms with Gasteiger partial charge >= 0.3 is 6.36 Å². The number of H-pyrrole nitrogens is 1. The number of hydrogen-bond donors (Lipinski definition) is 2. The van der Waals surface area contributed by atoms with Gasteiger partial charge in [-0.1, -0.05) is 0 Å². The first-order valence-electron chi connectivity index (χ1n) is 10.0. The molecule has 2 amide bonds. The lowest BCUT2D eigenvalue weighted by molar-refractivity contribution is -0.274. The summed E-state index contributed by atoms with van der Waals surface area (Å²) in [5, 5.41) is 9.27. The topological polar surface area (TPSA) is 106 Å². The average molecular weight is 476 g/mol. The molecule has 178 valence electrons. The number of ether oxygens (including phenoxy) is 3. The molecule has 1 aromatic heterocycles. The summed E-state index contributed by atoms with van der Waals surface area (Å²) in [6, 6.07) is 9.90. The van der Waals surface area contributed by atoms with E-state index >= 15 is 0 Å². The third kappa shape index (κ3) is 5.39. The van der Waals surface area contributed by atoms with Crippen molar-refractivity contribution in [1.82, 2.24) is 15.1 Å². The normalized spacial score (nSPS) is 12.7. The number of nitrogens with one attached hydrogen (secondary N) is 2. The number of rotatable bonds is 6. The second-order valence-corrected chi connectivity index (χ2v) is 7.30. The van der Waals surface area contributed by atoms with E-state index < -0.39 is 23.9 Å². The quantitative estimate of drug-likeness (QED) is 0.565. The highest BCUT2D eigenvalue weighted by Gasteiger charge is 2.31. The van der Waals surface area contributed by atoms with Gasteiger partial charge < -0.3 is 24.4 Å². The summed E-state index contributed by atoms with van der Waals surface area (Å²) < 4.78 is 51.6. The zero-order valence-corrected chi connectivity index (χ0v) is 17.8. The third-order valence-corrected chi connectivity index (χ3v) is 4.80. The van der Waals surface area contributed by atoms with Crippen LogP contribution in [0.1, 0.15) is 10.4 Å². The number of likely N-dealkylation sites (N-methyl/N-ethyl adjacent to an activating group) is 1. The highest BCUT2D eigenvalue weighted by atomic mass is 19.4. The Morgan fingerprint density at radius 2 is 1.82 bits per heavy atom. The molecule has 3 aromatic rings. The molecule has 0 bridgehead atoms. The zero-order chi connectivity index (χ0) is 24.3. The van der Waals surface area contributed by atoms with Crippen LogP contribution < -0.4 is 19.5 Å². The molecule has 0 saturated heterocycles. The van der Waals surface area contributed by atoms with Crippen molar-refractivity contribution in [3.05, 3.63) is 54.2 Å². The molecule has 0 radical (unpaired) electrons. The molecule has 2 heterocycles. The monoisotopic (exact) mass is 476 g/mol. The molecule has 0 saturated carbocycles. The number of aromatic nitrogens is 2. The van der Waals surface area contributed by atoms with Crippen molar-refractivity contribution >= 4 is 17.5 Å². The lowest BCUT2D eigenvalue weighted by Crippen LogP contribution is -2.35. The minimum absolute atomic E-state index is 0.251. The summed E-state index contributed by atoms with van der Waals surface area (Å²) in [4.78, 5) is 26.5. The number of halogens is 3. The second-order valence-electron chi connectivity index (χ2n) is 7.30. The van der Waals surface area contributed by atoms with Gasteiger partial charge in [0.1, 0.15) is 19.0 Å². The lowest BCUT2D eigenvalue weighted by Gasteiger charge is -2.19. The fraction of sp³-hybridized carbons (Fsp3) is 0.227. The van der Waals surface area contributed by atoms with Gasteiger partial charge in [-0.15, -0.1) is 13.2 Å². The number of carbonyl (C=O) groups excluding carboxylic acids is 2. The van der Waals surface area contributed by atoms with Gasteiger partial charge in [0.2, 0.25) is 5.91 Å². The van der Waals surface area contributed by atoms with Crippen LogP contribution in [-0.2, 0) is 4.79 Å². The fourth-order valence-electron chi connectivity index (χ4n) is 3.30. The molecule has 1 aliphatic heterocycles. The van der Waals surface area contributed by atoms with E-state index in [9.17, 15) is 22.8 Å². The summed E-state index contributed by atoms with van der Waals surface area (Å²) in [6.45, 7) is 0.574. The standard InChI is InChI=1S/C22H19F3N4O5/c1-29(12-19(30)27-14-3-5-15(6-4-14)34-22(23,24)25)21(31)16-11-26-28-20(16)13-2-7-17-18(10-13)33-9-8-32-17/h2-7,10-11H,8-9,12H2,1H3,(H,26,28)(H,27,30). The largest absolute Gasteiger partial charge is 0.573 e. The number of amides is 2. The molecule has 4 rings (SSSR count). The summed E-state index contributed by atoms with van der Waals surface area (Å²) in [5.41, 5.74) is 1.61. The van der Waals surface area contributed by atoms with Crippen LogP contribution in [0, 0.1) is 0 Å². The Morgan fingerprint density at radius 1 is 1.12 bits per heavy atom. The number of alkyl halides is 3. The van der Waals surface area contributed by atoms with E-state index in [4.69, 9.17) is 9.47 Å². The van der Waals surface area contributed by atoms with Gasteiger partial charge in [0, 0.05) is 18.3 Å². The predicted octanol–water partition coefficient (Wildman–Crippen LogP) is 3.46. The van der Waals surface area contributed by atoms with E-state index in [1.54, 1.807) is 18.2 Å². The molecule has 0 unspecified atom stereocenters. The van der Waals surface area contributed by atoms with Crippen molar-refractivity contribution in [2.45, 2.75) is 6.36 Å². The Labute approximate surface area is 191 Å². The van der Waals surface area contributed by atoms with Gasteiger partial charge in [-0.25, -0.2) is 0 Å². The first-order chi connectivity index (χ1) is 16.2. The van der Waals surface area contributed by atoms with Crippen LogP contribution in [-0.4, -0.2) is 60.1 Å². The third-order valence-electron chi connectivity index (χ3n) is 4.80. The maximum absolute atomic E-state index is 13.0. The van der Waals surface area contributed by atoms with E-state index in [1.165, 1.54) is 30.3 Å². The Balaban J connectivity index is 1.40. The van der Waals surface area contributed by atoms with Crippen LogP contribution in [0.3, 0.4) is 0 Å². The van der Waals surface area contributed by atoms with E-state index in [-0.39, 0.29) is 17.8 Å². The van der Waals surface area contributed by atoms with Gasteiger partial charge in [-0.05, 0) is 42.5 Å². The minimum Gasteiger partial charge on any atom is -0.486 e. The van der Waals surface area contributed by atoms with Gasteiger partial charge in [0.15, 0.2) is 11.5 Å². The van der Waals surface area contributed by atoms with E-state index in [1.807, 2.05) is 0 Å².